The Kier molecular flexibility index (Phi) is 6.86. The molecule has 0 aromatic heterocycles. The lowest BCUT2D eigenvalue weighted by molar-refractivity contribution is 0.572. The molecule has 0 saturated heterocycles. The van der Waals surface area contributed by atoms with E-state index in [1.807, 2.05) is 24.3 Å². The number of unbranched alkanes of at least 4 members (excludes halogenated alkanes) is 3. The number of halogens is 2. The second-order valence-electron chi connectivity index (χ2n) is 4.21. The molecule has 94 valence electrons. The largest absolute Gasteiger partial charge is 0.324 e. The van der Waals surface area contributed by atoms with Gasteiger partial charge in [-0.05, 0) is 52.9 Å². The predicted octanol–water partition coefficient (Wildman–Crippen LogP) is 5.24. The summed E-state index contributed by atoms with van der Waals surface area (Å²) in [7, 11) is 0. The zero-order valence-electron chi connectivity index (χ0n) is 9.96. The number of nitrogens with two attached hydrogens (primary N) is 1. The van der Waals surface area contributed by atoms with Gasteiger partial charge in [0.2, 0.25) is 0 Å². The molecule has 0 heterocycles. The summed E-state index contributed by atoms with van der Waals surface area (Å²) in [6, 6.07) is 6.02. The minimum Gasteiger partial charge on any atom is -0.324 e. The first-order valence-electron chi connectivity index (χ1n) is 5.96. The summed E-state index contributed by atoms with van der Waals surface area (Å²) in [6.07, 6.45) is 7.65. The molecular formula is C14H19BrClN. The SMILES string of the molecule is C=CCCCCCC(N)c1ccc(Br)c(Cl)c1. The van der Waals surface area contributed by atoms with Gasteiger partial charge < -0.3 is 5.73 Å². The molecule has 1 aromatic rings. The predicted molar refractivity (Wildman–Crippen MR) is 79.4 cm³/mol. The van der Waals surface area contributed by atoms with Crippen LogP contribution in [0, 0.1) is 0 Å². The van der Waals surface area contributed by atoms with Crippen LogP contribution >= 0.6 is 27.5 Å². The Balaban J connectivity index is 2.38. The van der Waals surface area contributed by atoms with Gasteiger partial charge in [-0.2, -0.15) is 0 Å². The van der Waals surface area contributed by atoms with Gasteiger partial charge in [0.15, 0.2) is 0 Å². The fourth-order valence-corrected chi connectivity index (χ4v) is 2.17. The van der Waals surface area contributed by atoms with Gasteiger partial charge in [-0.1, -0.05) is 36.6 Å². The van der Waals surface area contributed by atoms with Crippen molar-refractivity contribution in [3.05, 3.63) is 45.9 Å². The average molecular weight is 317 g/mol. The molecule has 0 radical (unpaired) electrons. The molecule has 0 aliphatic heterocycles. The second kappa shape index (κ2) is 7.91. The molecule has 0 amide bonds. The van der Waals surface area contributed by atoms with Gasteiger partial charge in [-0.25, -0.2) is 0 Å². The van der Waals surface area contributed by atoms with E-state index in [1.54, 1.807) is 0 Å². The molecule has 3 heteroatoms. The zero-order valence-corrected chi connectivity index (χ0v) is 12.3. The zero-order chi connectivity index (χ0) is 12.7. The van der Waals surface area contributed by atoms with Crippen molar-refractivity contribution in [3.8, 4) is 0 Å². The van der Waals surface area contributed by atoms with E-state index in [9.17, 15) is 0 Å². The summed E-state index contributed by atoms with van der Waals surface area (Å²) in [4.78, 5) is 0. The van der Waals surface area contributed by atoms with Crippen LogP contribution in [0.25, 0.3) is 0 Å². The van der Waals surface area contributed by atoms with E-state index in [4.69, 9.17) is 17.3 Å². The summed E-state index contributed by atoms with van der Waals surface area (Å²) in [5, 5.41) is 0.726. The van der Waals surface area contributed by atoms with Crippen LogP contribution in [0.15, 0.2) is 35.3 Å². The van der Waals surface area contributed by atoms with Crippen LogP contribution in [-0.4, -0.2) is 0 Å². The first-order valence-corrected chi connectivity index (χ1v) is 7.13. The monoisotopic (exact) mass is 315 g/mol. The molecule has 0 aliphatic carbocycles. The van der Waals surface area contributed by atoms with E-state index in [2.05, 4.69) is 22.5 Å². The lowest BCUT2D eigenvalue weighted by atomic mass is 10.0. The molecule has 1 atom stereocenters. The first kappa shape index (κ1) is 14.7. The third kappa shape index (κ3) is 5.24. The number of benzene rings is 1. The van der Waals surface area contributed by atoms with E-state index in [0.29, 0.717) is 0 Å². The molecule has 1 rings (SSSR count). The summed E-state index contributed by atoms with van der Waals surface area (Å²) in [6.45, 7) is 3.72. The van der Waals surface area contributed by atoms with Gasteiger partial charge in [0.25, 0.3) is 0 Å². The third-order valence-corrected chi connectivity index (χ3v) is 4.03. The van der Waals surface area contributed by atoms with Crippen molar-refractivity contribution < 1.29 is 0 Å². The molecule has 17 heavy (non-hydrogen) atoms. The Morgan fingerprint density at radius 3 is 2.76 bits per heavy atom. The Bertz CT molecular complexity index is 365. The first-order chi connectivity index (χ1) is 8.15. The standard InChI is InChI=1S/C14H19BrClN/c1-2-3-4-5-6-7-14(17)11-8-9-12(15)13(16)10-11/h2,8-10,14H,1,3-7,17H2. The van der Waals surface area contributed by atoms with Crippen molar-refractivity contribution in [3.63, 3.8) is 0 Å². The van der Waals surface area contributed by atoms with Crippen molar-refractivity contribution >= 4 is 27.5 Å². The second-order valence-corrected chi connectivity index (χ2v) is 5.47. The van der Waals surface area contributed by atoms with Crippen LogP contribution in [0.4, 0.5) is 0 Å². The highest BCUT2D eigenvalue weighted by Crippen LogP contribution is 2.27. The van der Waals surface area contributed by atoms with Gasteiger partial charge in [-0.3, -0.25) is 0 Å². The fraction of sp³-hybridized carbons (Fsp3) is 0.429. The molecule has 0 spiro atoms. The normalized spacial score (nSPS) is 12.4. The maximum Gasteiger partial charge on any atom is 0.0551 e. The van der Waals surface area contributed by atoms with E-state index in [1.165, 1.54) is 12.8 Å². The number of rotatable bonds is 7. The quantitative estimate of drug-likeness (QED) is 0.540. The Morgan fingerprint density at radius 1 is 1.35 bits per heavy atom. The molecule has 1 nitrogen and oxygen atoms in total. The van der Waals surface area contributed by atoms with Crippen molar-refractivity contribution in [2.24, 2.45) is 5.73 Å². The van der Waals surface area contributed by atoms with E-state index < -0.39 is 0 Å². The van der Waals surface area contributed by atoms with Gasteiger partial charge >= 0.3 is 0 Å². The van der Waals surface area contributed by atoms with Crippen molar-refractivity contribution in [2.45, 2.75) is 38.1 Å². The maximum absolute atomic E-state index is 6.13. The van der Waals surface area contributed by atoms with Gasteiger partial charge in [0.05, 0.1) is 5.02 Å². The van der Waals surface area contributed by atoms with Crippen LogP contribution in [0.1, 0.15) is 43.7 Å². The number of hydrogen-bond donors (Lipinski definition) is 1. The molecule has 2 N–H and O–H groups in total. The van der Waals surface area contributed by atoms with Crippen LogP contribution in [0.2, 0.25) is 5.02 Å². The Labute approximate surface area is 117 Å². The van der Waals surface area contributed by atoms with Crippen LogP contribution in [0.3, 0.4) is 0 Å². The smallest absolute Gasteiger partial charge is 0.0551 e. The molecule has 0 fully saturated rings. The lowest BCUT2D eigenvalue weighted by Crippen LogP contribution is -2.10. The topological polar surface area (TPSA) is 26.0 Å². The summed E-state index contributed by atoms with van der Waals surface area (Å²) in [5.41, 5.74) is 7.25. The summed E-state index contributed by atoms with van der Waals surface area (Å²) in [5.74, 6) is 0. The summed E-state index contributed by atoms with van der Waals surface area (Å²) >= 11 is 9.42. The highest BCUT2D eigenvalue weighted by Gasteiger charge is 2.07. The molecule has 1 unspecified atom stereocenters. The van der Waals surface area contributed by atoms with Crippen LogP contribution < -0.4 is 5.73 Å². The highest BCUT2D eigenvalue weighted by atomic mass is 79.9. The van der Waals surface area contributed by atoms with Gasteiger partial charge in [-0.15, -0.1) is 6.58 Å². The number of allylic oxidation sites excluding steroid dienone is 1. The third-order valence-electron chi connectivity index (χ3n) is 2.80. The van der Waals surface area contributed by atoms with E-state index in [0.717, 1.165) is 34.3 Å². The molecular weight excluding hydrogens is 298 g/mol. The minimum atomic E-state index is 0.0873. The Hall–Kier alpha value is -0.310. The minimum absolute atomic E-state index is 0.0873. The van der Waals surface area contributed by atoms with E-state index in [-0.39, 0.29) is 6.04 Å². The fourth-order valence-electron chi connectivity index (χ4n) is 1.74. The van der Waals surface area contributed by atoms with Gasteiger partial charge in [0.1, 0.15) is 0 Å². The summed E-state index contributed by atoms with van der Waals surface area (Å²) < 4.78 is 0.918. The molecule has 1 aromatic carbocycles. The lowest BCUT2D eigenvalue weighted by Gasteiger charge is -2.12. The van der Waals surface area contributed by atoms with E-state index >= 15 is 0 Å². The van der Waals surface area contributed by atoms with Crippen molar-refractivity contribution in [2.75, 3.05) is 0 Å². The highest BCUT2D eigenvalue weighted by molar-refractivity contribution is 9.10. The number of hydrogen-bond acceptors (Lipinski definition) is 1. The van der Waals surface area contributed by atoms with Crippen LogP contribution in [0.5, 0.6) is 0 Å². The molecule has 0 bridgehead atoms. The molecule has 0 aliphatic rings. The molecule has 0 saturated carbocycles. The van der Waals surface area contributed by atoms with Gasteiger partial charge in [0, 0.05) is 10.5 Å². The van der Waals surface area contributed by atoms with Crippen molar-refractivity contribution in [1.82, 2.24) is 0 Å². The maximum atomic E-state index is 6.13. The Morgan fingerprint density at radius 2 is 2.12 bits per heavy atom. The van der Waals surface area contributed by atoms with Crippen molar-refractivity contribution in [1.29, 1.82) is 0 Å². The average Bonchev–Trinajstić information content (AvgIpc) is 2.32. The van der Waals surface area contributed by atoms with Crippen LogP contribution in [-0.2, 0) is 0 Å².